The Morgan fingerprint density at radius 3 is 2.63 bits per heavy atom. The van der Waals surface area contributed by atoms with Crippen molar-refractivity contribution < 1.29 is 10.0 Å². The molecule has 4 N–H and O–H groups in total. The van der Waals surface area contributed by atoms with Gasteiger partial charge in [-0.25, -0.2) is 0 Å². The van der Waals surface area contributed by atoms with E-state index in [1.807, 2.05) is 19.9 Å². The Hall–Kier alpha value is -2.05. The second-order valence-corrected chi connectivity index (χ2v) is 4.40. The lowest BCUT2D eigenvalue weighted by molar-refractivity contribution is -0.128. The third kappa shape index (κ3) is 2.86. The van der Waals surface area contributed by atoms with Gasteiger partial charge in [0.2, 0.25) is 5.91 Å². The number of aromatic nitrogens is 2. The van der Waals surface area contributed by atoms with Crippen molar-refractivity contribution in [1.82, 2.24) is 15.1 Å². The van der Waals surface area contributed by atoms with Gasteiger partial charge in [-0.2, -0.15) is 5.10 Å². The minimum Gasteiger partial charge on any atom is -0.409 e. The standard InChI is InChI=1S/C12H21N5O2/c1-4-12(5-2,10(13)16-19)11(18)14-8-9-6-7-15-17(9)3/h6-7,19H,4-5,8H2,1-3H3,(H2,13,16)(H,14,18). The number of aryl methyl sites for hydroxylation is 1. The van der Waals surface area contributed by atoms with Gasteiger partial charge in [0.15, 0.2) is 5.84 Å². The SMILES string of the molecule is CCC(CC)(C(=O)NCc1ccnn1C)C(N)=NO. The maximum atomic E-state index is 12.3. The molecule has 7 nitrogen and oxygen atoms in total. The molecule has 1 heterocycles. The zero-order valence-electron chi connectivity index (χ0n) is 11.6. The molecule has 0 saturated carbocycles. The maximum Gasteiger partial charge on any atom is 0.234 e. The molecular weight excluding hydrogens is 246 g/mol. The van der Waals surface area contributed by atoms with Crippen LogP contribution in [0.4, 0.5) is 0 Å². The van der Waals surface area contributed by atoms with Gasteiger partial charge in [-0.15, -0.1) is 0 Å². The summed E-state index contributed by atoms with van der Waals surface area (Å²) < 4.78 is 1.68. The van der Waals surface area contributed by atoms with E-state index < -0.39 is 5.41 Å². The van der Waals surface area contributed by atoms with Gasteiger partial charge in [-0.1, -0.05) is 19.0 Å². The highest BCUT2D eigenvalue weighted by molar-refractivity contribution is 6.06. The van der Waals surface area contributed by atoms with E-state index in [0.717, 1.165) is 5.69 Å². The molecule has 0 saturated heterocycles. The Kier molecular flexibility index (Phi) is 4.91. The first-order valence-corrected chi connectivity index (χ1v) is 6.25. The molecule has 0 aliphatic rings. The van der Waals surface area contributed by atoms with Crippen molar-refractivity contribution >= 4 is 11.7 Å². The average Bonchev–Trinajstić information content (AvgIpc) is 2.83. The number of nitrogens with two attached hydrogens (primary N) is 1. The van der Waals surface area contributed by atoms with Crippen LogP contribution >= 0.6 is 0 Å². The second-order valence-electron chi connectivity index (χ2n) is 4.40. The first-order valence-electron chi connectivity index (χ1n) is 6.25. The summed E-state index contributed by atoms with van der Waals surface area (Å²) in [4.78, 5) is 12.3. The van der Waals surface area contributed by atoms with E-state index in [9.17, 15) is 4.79 Å². The summed E-state index contributed by atoms with van der Waals surface area (Å²) >= 11 is 0. The highest BCUT2D eigenvalue weighted by Gasteiger charge is 2.39. The zero-order chi connectivity index (χ0) is 14.5. The van der Waals surface area contributed by atoms with Crippen LogP contribution in [0, 0.1) is 5.41 Å². The molecule has 0 radical (unpaired) electrons. The molecule has 7 heteroatoms. The van der Waals surface area contributed by atoms with Crippen LogP contribution in [-0.2, 0) is 18.4 Å². The largest absolute Gasteiger partial charge is 0.409 e. The Morgan fingerprint density at radius 1 is 1.58 bits per heavy atom. The molecule has 0 unspecified atom stereocenters. The summed E-state index contributed by atoms with van der Waals surface area (Å²) in [5.74, 6) is -0.297. The van der Waals surface area contributed by atoms with Crippen LogP contribution in [0.1, 0.15) is 32.4 Å². The fourth-order valence-electron chi connectivity index (χ4n) is 2.06. The zero-order valence-corrected chi connectivity index (χ0v) is 11.6. The van der Waals surface area contributed by atoms with Crippen molar-refractivity contribution in [3.63, 3.8) is 0 Å². The minimum atomic E-state index is -0.965. The van der Waals surface area contributed by atoms with Gasteiger partial charge >= 0.3 is 0 Å². The molecule has 0 atom stereocenters. The van der Waals surface area contributed by atoms with Gasteiger partial charge < -0.3 is 16.3 Å². The van der Waals surface area contributed by atoms with E-state index in [-0.39, 0.29) is 11.7 Å². The maximum absolute atomic E-state index is 12.3. The molecule has 1 aromatic heterocycles. The Morgan fingerprint density at radius 2 is 2.21 bits per heavy atom. The number of nitrogens with one attached hydrogen (secondary N) is 1. The Labute approximate surface area is 112 Å². The lowest BCUT2D eigenvalue weighted by Gasteiger charge is -2.28. The topological polar surface area (TPSA) is 106 Å². The minimum absolute atomic E-state index is 0.0555. The van der Waals surface area contributed by atoms with Crippen LogP contribution < -0.4 is 11.1 Å². The third-order valence-corrected chi connectivity index (χ3v) is 3.59. The third-order valence-electron chi connectivity index (χ3n) is 3.59. The van der Waals surface area contributed by atoms with Crippen LogP contribution in [0.25, 0.3) is 0 Å². The number of hydrogen-bond acceptors (Lipinski definition) is 4. The smallest absolute Gasteiger partial charge is 0.234 e. The van der Waals surface area contributed by atoms with Gasteiger partial charge in [0, 0.05) is 13.2 Å². The average molecular weight is 267 g/mol. The van der Waals surface area contributed by atoms with Crippen molar-refractivity contribution in [1.29, 1.82) is 0 Å². The van der Waals surface area contributed by atoms with E-state index in [1.54, 1.807) is 17.9 Å². The molecule has 0 fully saturated rings. The van der Waals surface area contributed by atoms with Crippen LogP contribution in [0.15, 0.2) is 17.4 Å². The van der Waals surface area contributed by atoms with E-state index in [4.69, 9.17) is 10.9 Å². The summed E-state index contributed by atoms with van der Waals surface area (Å²) in [6.45, 7) is 4.03. The van der Waals surface area contributed by atoms with Crippen LogP contribution in [-0.4, -0.2) is 26.7 Å². The lowest BCUT2D eigenvalue weighted by atomic mass is 9.80. The number of carbonyl (C=O) groups excluding carboxylic acids is 1. The number of hydrogen-bond donors (Lipinski definition) is 3. The van der Waals surface area contributed by atoms with E-state index in [1.165, 1.54) is 0 Å². The van der Waals surface area contributed by atoms with E-state index in [2.05, 4.69) is 15.6 Å². The highest BCUT2D eigenvalue weighted by atomic mass is 16.4. The monoisotopic (exact) mass is 267 g/mol. The molecular formula is C12H21N5O2. The summed E-state index contributed by atoms with van der Waals surface area (Å²) in [5.41, 5.74) is 5.59. The fourth-order valence-corrected chi connectivity index (χ4v) is 2.06. The first-order chi connectivity index (χ1) is 9.01. The predicted octanol–water partition coefficient (Wildman–Crippen LogP) is 0.589. The quantitative estimate of drug-likeness (QED) is 0.303. The fraction of sp³-hybridized carbons (Fsp3) is 0.583. The number of oxime groups is 1. The predicted molar refractivity (Wildman–Crippen MR) is 71.5 cm³/mol. The molecule has 0 aliphatic carbocycles. The molecule has 106 valence electrons. The first kappa shape index (κ1) is 15.0. The molecule has 0 spiro atoms. The molecule has 1 rings (SSSR count). The van der Waals surface area contributed by atoms with Crippen LogP contribution in [0.5, 0.6) is 0 Å². The van der Waals surface area contributed by atoms with Gasteiger partial charge in [-0.3, -0.25) is 9.48 Å². The summed E-state index contributed by atoms with van der Waals surface area (Å²) in [7, 11) is 1.80. The Bertz CT molecular complexity index is 462. The molecule has 0 aliphatic heterocycles. The Balaban J connectivity index is 2.82. The highest BCUT2D eigenvalue weighted by Crippen LogP contribution is 2.27. The van der Waals surface area contributed by atoms with Crippen molar-refractivity contribution in [3.05, 3.63) is 18.0 Å². The molecule has 1 aromatic rings. The van der Waals surface area contributed by atoms with Gasteiger partial charge in [0.1, 0.15) is 5.41 Å². The summed E-state index contributed by atoms with van der Waals surface area (Å²) in [5, 5.41) is 18.7. The normalized spacial score (nSPS) is 12.5. The molecule has 0 bridgehead atoms. The van der Waals surface area contributed by atoms with Crippen molar-refractivity contribution in [2.45, 2.75) is 33.2 Å². The summed E-state index contributed by atoms with van der Waals surface area (Å²) in [6.07, 6.45) is 2.60. The molecule has 0 aromatic carbocycles. The van der Waals surface area contributed by atoms with Gasteiger partial charge in [0.05, 0.1) is 12.2 Å². The van der Waals surface area contributed by atoms with Crippen molar-refractivity contribution in [3.8, 4) is 0 Å². The van der Waals surface area contributed by atoms with Crippen molar-refractivity contribution in [2.75, 3.05) is 0 Å². The number of carbonyl (C=O) groups is 1. The number of amides is 1. The van der Waals surface area contributed by atoms with Gasteiger partial charge in [-0.05, 0) is 18.9 Å². The molecule has 19 heavy (non-hydrogen) atoms. The number of nitrogens with zero attached hydrogens (tertiary/aromatic N) is 3. The van der Waals surface area contributed by atoms with Crippen molar-refractivity contribution in [2.24, 2.45) is 23.4 Å². The lowest BCUT2D eigenvalue weighted by Crippen LogP contribution is -2.49. The van der Waals surface area contributed by atoms with E-state index in [0.29, 0.717) is 19.4 Å². The van der Waals surface area contributed by atoms with Gasteiger partial charge in [0.25, 0.3) is 0 Å². The number of amidine groups is 1. The van der Waals surface area contributed by atoms with E-state index >= 15 is 0 Å². The molecule has 1 amide bonds. The van der Waals surface area contributed by atoms with Crippen LogP contribution in [0.3, 0.4) is 0 Å². The number of rotatable bonds is 6. The second kappa shape index (κ2) is 6.21. The summed E-state index contributed by atoms with van der Waals surface area (Å²) in [6, 6.07) is 1.82. The van der Waals surface area contributed by atoms with Crippen LogP contribution in [0.2, 0.25) is 0 Å².